The van der Waals surface area contributed by atoms with Crippen molar-refractivity contribution < 1.29 is 19.2 Å². The highest BCUT2D eigenvalue weighted by Gasteiger charge is 2.20. The van der Waals surface area contributed by atoms with Crippen LogP contribution in [0.1, 0.15) is 40.4 Å². The summed E-state index contributed by atoms with van der Waals surface area (Å²) in [4.78, 5) is 41.4. The molecule has 3 aromatic rings. The Morgan fingerprint density at radius 2 is 1.63 bits per heavy atom. The minimum Gasteiger partial charge on any atom is -0.457 e. The molecule has 7 heteroatoms. The molecule has 0 amide bonds. The van der Waals surface area contributed by atoms with E-state index in [2.05, 4.69) is 0 Å². The fourth-order valence-corrected chi connectivity index (χ4v) is 2.89. The molecular formula is C23H22N2O5. The van der Waals surface area contributed by atoms with Crippen molar-refractivity contribution in [1.29, 1.82) is 0 Å². The summed E-state index contributed by atoms with van der Waals surface area (Å²) in [7, 11) is 0. The average molecular weight is 406 g/mol. The van der Waals surface area contributed by atoms with Crippen LogP contribution in [-0.4, -0.2) is 16.7 Å². The number of aromatic nitrogens is 1. The molecule has 0 saturated heterocycles. The van der Waals surface area contributed by atoms with Crippen molar-refractivity contribution >= 4 is 17.6 Å². The molecule has 0 radical (unpaired) electrons. The molecule has 2 N–H and O–H groups in total. The summed E-state index contributed by atoms with van der Waals surface area (Å²) in [5, 5.41) is 0. The monoisotopic (exact) mass is 406 g/mol. The molecule has 7 nitrogen and oxygen atoms in total. The van der Waals surface area contributed by atoms with Crippen molar-refractivity contribution in [1.82, 2.24) is 4.73 Å². The summed E-state index contributed by atoms with van der Waals surface area (Å²) in [5.41, 5.74) is 7.49. The zero-order chi connectivity index (χ0) is 21.5. The molecule has 0 spiro atoms. The summed E-state index contributed by atoms with van der Waals surface area (Å²) >= 11 is 0. The Morgan fingerprint density at radius 1 is 0.967 bits per heavy atom. The number of esters is 1. The predicted molar refractivity (Wildman–Crippen MR) is 112 cm³/mol. The lowest BCUT2D eigenvalue weighted by Crippen LogP contribution is -2.34. The summed E-state index contributed by atoms with van der Waals surface area (Å²) in [6.07, 6.45) is 1.95. The van der Waals surface area contributed by atoms with Crippen molar-refractivity contribution in [2.45, 2.75) is 26.4 Å². The molecule has 154 valence electrons. The molecule has 0 aliphatic rings. The van der Waals surface area contributed by atoms with Crippen LogP contribution in [0.4, 0.5) is 5.69 Å². The first-order valence-electron chi connectivity index (χ1n) is 9.49. The molecule has 0 fully saturated rings. The fourth-order valence-electron chi connectivity index (χ4n) is 2.89. The second-order valence-electron chi connectivity index (χ2n) is 6.60. The lowest BCUT2D eigenvalue weighted by Gasteiger charge is -2.12. The summed E-state index contributed by atoms with van der Waals surface area (Å²) in [6, 6.07) is 18.8. The number of nitrogen functional groups attached to an aromatic ring is 1. The number of nitrogens with zero attached hydrogens (tertiary/aromatic N) is 1. The van der Waals surface area contributed by atoms with Crippen molar-refractivity contribution in [3.8, 4) is 0 Å². The number of anilines is 1. The first kappa shape index (κ1) is 20.9. The highest BCUT2D eigenvalue weighted by atomic mass is 16.7. The van der Waals surface area contributed by atoms with Gasteiger partial charge in [0.15, 0.2) is 5.56 Å². The molecule has 1 heterocycles. The first-order chi connectivity index (χ1) is 14.5. The topological polar surface area (TPSA) is 101 Å². The number of benzene rings is 2. The molecule has 0 bridgehead atoms. The third-order valence-electron chi connectivity index (χ3n) is 4.50. The van der Waals surface area contributed by atoms with Gasteiger partial charge in [-0.2, -0.15) is 0 Å². The van der Waals surface area contributed by atoms with Crippen LogP contribution in [0.25, 0.3) is 0 Å². The number of rotatable bonds is 7. The lowest BCUT2D eigenvalue weighted by molar-refractivity contribution is -0.144. The number of carbonyl (C=O) groups excluding carboxylic acids is 2. The van der Waals surface area contributed by atoms with E-state index in [1.165, 1.54) is 12.3 Å². The van der Waals surface area contributed by atoms with Gasteiger partial charge in [0.05, 0.1) is 11.9 Å². The number of hydrogen-bond acceptors (Lipinski definition) is 6. The van der Waals surface area contributed by atoms with Gasteiger partial charge in [-0.15, -0.1) is 4.73 Å². The molecule has 3 rings (SSSR count). The van der Waals surface area contributed by atoms with E-state index < -0.39 is 17.5 Å². The van der Waals surface area contributed by atoms with Gasteiger partial charge in [-0.05, 0) is 29.2 Å². The molecule has 0 atom stereocenters. The Balaban J connectivity index is 1.78. The van der Waals surface area contributed by atoms with E-state index in [0.29, 0.717) is 11.2 Å². The van der Waals surface area contributed by atoms with Crippen molar-refractivity contribution in [3.63, 3.8) is 0 Å². The minimum atomic E-state index is -0.881. The van der Waals surface area contributed by atoms with E-state index in [4.69, 9.17) is 15.3 Å². The van der Waals surface area contributed by atoms with Gasteiger partial charge in [0.25, 0.3) is 5.56 Å². The molecular weight excluding hydrogens is 384 g/mol. The molecule has 0 aliphatic carbocycles. The smallest absolute Gasteiger partial charge is 0.346 e. The number of carbonyl (C=O) groups is 2. The molecule has 1 aromatic heterocycles. The van der Waals surface area contributed by atoms with Crippen LogP contribution in [0.5, 0.6) is 0 Å². The standard InChI is InChI=1S/C23H22N2O5/c1-2-20(26)30-25-13-12-19(24)21(22(25)27)23(28)29-15-18-11-7-6-10-17(18)14-16-8-4-3-5-9-16/h3-13H,2,14-15,24H2,1H3. The largest absolute Gasteiger partial charge is 0.457 e. The normalized spacial score (nSPS) is 10.4. The maximum Gasteiger partial charge on any atom is 0.346 e. The van der Waals surface area contributed by atoms with Crippen LogP contribution >= 0.6 is 0 Å². The Kier molecular flexibility index (Phi) is 6.64. The Morgan fingerprint density at radius 3 is 2.33 bits per heavy atom. The van der Waals surface area contributed by atoms with Crippen LogP contribution in [-0.2, 0) is 22.6 Å². The maximum absolute atomic E-state index is 12.6. The number of ether oxygens (including phenoxy) is 1. The maximum atomic E-state index is 12.6. The van der Waals surface area contributed by atoms with Gasteiger partial charge >= 0.3 is 11.9 Å². The second kappa shape index (κ2) is 9.56. The van der Waals surface area contributed by atoms with E-state index in [0.717, 1.165) is 16.7 Å². The van der Waals surface area contributed by atoms with E-state index in [1.54, 1.807) is 6.92 Å². The van der Waals surface area contributed by atoms with E-state index >= 15 is 0 Å². The zero-order valence-corrected chi connectivity index (χ0v) is 16.5. The van der Waals surface area contributed by atoms with Gasteiger partial charge in [-0.1, -0.05) is 61.5 Å². The highest BCUT2D eigenvalue weighted by Crippen LogP contribution is 2.16. The van der Waals surface area contributed by atoms with E-state index in [-0.39, 0.29) is 24.3 Å². The lowest BCUT2D eigenvalue weighted by atomic mass is 10.0. The van der Waals surface area contributed by atoms with Gasteiger partial charge in [-0.3, -0.25) is 4.79 Å². The van der Waals surface area contributed by atoms with Crippen molar-refractivity contribution in [3.05, 3.63) is 99.5 Å². The second-order valence-corrected chi connectivity index (χ2v) is 6.60. The van der Waals surface area contributed by atoms with E-state index in [1.807, 2.05) is 54.6 Å². The molecule has 0 saturated carbocycles. The number of pyridine rings is 1. The first-order valence-corrected chi connectivity index (χ1v) is 9.49. The Hall–Kier alpha value is -3.87. The molecule has 0 aliphatic heterocycles. The van der Waals surface area contributed by atoms with Gasteiger partial charge < -0.3 is 15.3 Å². The van der Waals surface area contributed by atoms with Crippen LogP contribution in [0.2, 0.25) is 0 Å². The third kappa shape index (κ3) is 4.94. The summed E-state index contributed by atoms with van der Waals surface area (Å²) < 4.78 is 6.05. The molecule has 0 unspecified atom stereocenters. The molecule has 30 heavy (non-hydrogen) atoms. The van der Waals surface area contributed by atoms with Crippen molar-refractivity contribution in [2.75, 3.05) is 5.73 Å². The van der Waals surface area contributed by atoms with E-state index in [9.17, 15) is 14.4 Å². The van der Waals surface area contributed by atoms with Crippen molar-refractivity contribution in [2.24, 2.45) is 0 Å². The van der Waals surface area contributed by atoms with Gasteiger partial charge in [-0.25, -0.2) is 9.59 Å². The Labute approximate surface area is 173 Å². The molecule has 2 aromatic carbocycles. The van der Waals surface area contributed by atoms with Crippen LogP contribution < -0.4 is 16.1 Å². The number of nitrogens with two attached hydrogens (primary N) is 1. The van der Waals surface area contributed by atoms with Gasteiger partial charge in [0.1, 0.15) is 6.61 Å². The predicted octanol–water partition coefficient (Wildman–Crippen LogP) is 2.74. The SMILES string of the molecule is CCC(=O)On1ccc(N)c(C(=O)OCc2ccccc2Cc2ccccc2)c1=O. The Bertz CT molecular complexity index is 1110. The van der Waals surface area contributed by atoms with Gasteiger partial charge in [0, 0.05) is 6.42 Å². The minimum absolute atomic E-state index is 0.0235. The quantitative estimate of drug-likeness (QED) is 0.606. The summed E-state index contributed by atoms with van der Waals surface area (Å²) in [5.74, 6) is -1.50. The zero-order valence-electron chi connectivity index (χ0n) is 16.5. The van der Waals surface area contributed by atoms with Gasteiger partial charge in [0.2, 0.25) is 0 Å². The summed E-state index contributed by atoms with van der Waals surface area (Å²) in [6.45, 7) is 1.57. The average Bonchev–Trinajstić information content (AvgIpc) is 2.76. The fraction of sp³-hybridized carbons (Fsp3) is 0.174. The third-order valence-corrected chi connectivity index (χ3v) is 4.50. The van der Waals surface area contributed by atoms with Crippen LogP contribution in [0.3, 0.4) is 0 Å². The highest BCUT2D eigenvalue weighted by molar-refractivity contribution is 5.94. The van der Waals surface area contributed by atoms with Crippen LogP contribution in [0.15, 0.2) is 71.7 Å². The number of hydrogen-bond donors (Lipinski definition) is 1. The van der Waals surface area contributed by atoms with Crippen LogP contribution in [0, 0.1) is 0 Å².